The molecule has 8 heteroatoms. The lowest BCUT2D eigenvalue weighted by Gasteiger charge is -2.20. The first-order valence-electron chi connectivity index (χ1n) is 8.62. The Morgan fingerprint density at radius 2 is 1.59 bits per heavy atom. The Balaban J connectivity index is 1.78. The Labute approximate surface area is 168 Å². The summed E-state index contributed by atoms with van der Waals surface area (Å²) in [6, 6.07) is 17.9. The highest BCUT2D eigenvalue weighted by atomic mass is 32.2. The Bertz CT molecular complexity index is 1110. The van der Waals surface area contributed by atoms with E-state index in [0.29, 0.717) is 11.4 Å². The van der Waals surface area contributed by atoms with Crippen molar-refractivity contribution in [3.63, 3.8) is 0 Å². The SMILES string of the molecule is COc1ccc(S(=O)(=O)N(C)c2ccc(C(=O)Nc3ccccc3F)cc2)cc1. The summed E-state index contributed by atoms with van der Waals surface area (Å²) in [6.07, 6.45) is 0. The number of hydrogen-bond donors (Lipinski definition) is 1. The number of sulfonamides is 1. The van der Waals surface area contributed by atoms with Gasteiger partial charge in [0.1, 0.15) is 11.6 Å². The summed E-state index contributed by atoms with van der Waals surface area (Å²) >= 11 is 0. The molecule has 0 aliphatic heterocycles. The molecule has 3 rings (SSSR count). The van der Waals surface area contributed by atoms with Crippen LogP contribution in [0.5, 0.6) is 5.75 Å². The van der Waals surface area contributed by atoms with E-state index in [1.807, 2.05) is 0 Å². The number of carbonyl (C=O) groups is 1. The molecule has 0 radical (unpaired) electrons. The molecule has 0 saturated carbocycles. The van der Waals surface area contributed by atoms with Crippen molar-refractivity contribution in [1.82, 2.24) is 0 Å². The van der Waals surface area contributed by atoms with Crippen LogP contribution in [-0.4, -0.2) is 28.5 Å². The van der Waals surface area contributed by atoms with E-state index in [2.05, 4.69) is 5.32 Å². The number of carbonyl (C=O) groups excluding carboxylic acids is 1. The lowest BCUT2D eigenvalue weighted by atomic mass is 10.2. The van der Waals surface area contributed by atoms with Crippen LogP contribution in [0.2, 0.25) is 0 Å². The van der Waals surface area contributed by atoms with Crippen molar-refractivity contribution in [2.75, 3.05) is 23.8 Å². The third-order valence-electron chi connectivity index (χ3n) is 4.33. The number of hydrogen-bond acceptors (Lipinski definition) is 4. The second-order valence-electron chi connectivity index (χ2n) is 6.13. The maximum absolute atomic E-state index is 13.7. The molecule has 0 unspecified atom stereocenters. The zero-order chi connectivity index (χ0) is 21.0. The molecule has 0 heterocycles. The molecule has 0 aromatic heterocycles. The fourth-order valence-corrected chi connectivity index (χ4v) is 3.82. The second kappa shape index (κ2) is 8.32. The van der Waals surface area contributed by atoms with Crippen molar-refractivity contribution in [3.8, 4) is 5.75 Å². The lowest BCUT2D eigenvalue weighted by Crippen LogP contribution is -2.26. The van der Waals surface area contributed by atoms with Crippen LogP contribution in [0.15, 0.2) is 77.7 Å². The van der Waals surface area contributed by atoms with Crippen LogP contribution in [0.3, 0.4) is 0 Å². The number of amides is 1. The largest absolute Gasteiger partial charge is 0.497 e. The molecule has 0 fully saturated rings. The Morgan fingerprint density at radius 1 is 0.966 bits per heavy atom. The first kappa shape index (κ1) is 20.3. The van der Waals surface area contributed by atoms with Gasteiger partial charge < -0.3 is 10.1 Å². The molecule has 0 saturated heterocycles. The van der Waals surface area contributed by atoms with Crippen molar-refractivity contribution in [2.24, 2.45) is 0 Å². The summed E-state index contributed by atoms with van der Waals surface area (Å²) in [5.74, 6) is -0.484. The van der Waals surface area contributed by atoms with Gasteiger partial charge in [-0.05, 0) is 60.7 Å². The van der Waals surface area contributed by atoms with Crippen LogP contribution in [0.25, 0.3) is 0 Å². The van der Waals surface area contributed by atoms with E-state index in [-0.39, 0.29) is 16.1 Å². The molecule has 6 nitrogen and oxygen atoms in total. The molecule has 0 spiro atoms. The van der Waals surface area contributed by atoms with Gasteiger partial charge in [0.25, 0.3) is 15.9 Å². The monoisotopic (exact) mass is 414 g/mol. The number of benzene rings is 3. The van der Waals surface area contributed by atoms with Gasteiger partial charge in [-0.25, -0.2) is 12.8 Å². The Morgan fingerprint density at radius 3 is 2.17 bits per heavy atom. The number of halogens is 1. The molecule has 0 aliphatic carbocycles. The van der Waals surface area contributed by atoms with Crippen LogP contribution in [0.1, 0.15) is 10.4 Å². The zero-order valence-corrected chi connectivity index (χ0v) is 16.6. The van der Waals surface area contributed by atoms with Crippen molar-refractivity contribution < 1.29 is 22.3 Å². The lowest BCUT2D eigenvalue weighted by molar-refractivity contribution is 0.102. The van der Waals surface area contributed by atoms with E-state index in [4.69, 9.17) is 4.74 Å². The standard InChI is InChI=1S/C21H19FN2O4S/c1-24(29(26,27)18-13-11-17(28-2)12-14-18)16-9-7-15(8-10-16)21(25)23-20-6-4-3-5-19(20)22/h3-14H,1-2H3,(H,23,25). The molecule has 1 amide bonds. The maximum atomic E-state index is 13.7. The fraction of sp³-hybridized carbons (Fsp3) is 0.0952. The molecule has 0 bridgehead atoms. The Kier molecular flexibility index (Phi) is 5.84. The van der Waals surface area contributed by atoms with E-state index >= 15 is 0 Å². The number of para-hydroxylation sites is 1. The second-order valence-corrected chi connectivity index (χ2v) is 8.10. The summed E-state index contributed by atoms with van der Waals surface area (Å²) in [4.78, 5) is 12.4. The van der Waals surface area contributed by atoms with Gasteiger partial charge in [-0.15, -0.1) is 0 Å². The molecular weight excluding hydrogens is 395 g/mol. The predicted molar refractivity (Wildman–Crippen MR) is 109 cm³/mol. The number of nitrogens with zero attached hydrogens (tertiary/aromatic N) is 1. The van der Waals surface area contributed by atoms with E-state index < -0.39 is 21.7 Å². The third kappa shape index (κ3) is 4.38. The molecule has 0 atom stereocenters. The van der Waals surface area contributed by atoms with Gasteiger partial charge >= 0.3 is 0 Å². The van der Waals surface area contributed by atoms with Gasteiger partial charge in [0, 0.05) is 12.6 Å². The molecule has 150 valence electrons. The summed E-state index contributed by atoms with van der Waals surface area (Å²) in [5.41, 5.74) is 0.719. The average Bonchev–Trinajstić information content (AvgIpc) is 2.75. The average molecular weight is 414 g/mol. The highest BCUT2D eigenvalue weighted by Crippen LogP contribution is 2.24. The van der Waals surface area contributed by atoms with Crippen LogP contribution in [0.4, 0.5) is 15.8 Å². The first-order chi connectivity index (χ1) is 13.8. The van der Waals surface area contributed by atoms with Crippen molar-refractivity contribution in [2.45, 2.75) is 4.90 Å². The van der Waals surface area contributed by atoms with E-state index in [9.17, 15) is 17.6 Å². The van der Waals surface area contributed by atoms with Crippen LogP contribution < -0.4 is 14.4 Å². The van der Waals surface area contributed by atoms with Gasteiger partial charge in [0.15, 0.2) is 0 Å². The van der Waals surface area contributed by atoms with Gasteiger partial charge in [-0.1, -0.05) is 12.1 Å². The fourth-order valence-electron chi connectivity index (χ4n) is 2.62. The maximum Gasteiger partial charge on any atom is 0.264 e. The molecular formula is C21H19FN2O4S. The van der Waals surface area contributed by atoms with E-state index in [1.165, 1.54) is 68.8 Å². The van der Waals surface area contributed by atoms with E-state index in [0.717, 1.165) is 4.31 Å². The highest BCUT2D eigenvalue weighted by molar-refractivity contribution is 7.92. The van der Waals surface area contributed by atoms with Gasteiger partial charge in [0.05, 0.1) is 23.4 Å². The molecule has 3 aromatic carbocycles. The minimum absolute atomic E-state index is 0.0702. The van der Waals surface area contributed by atoms with Crippen LogP contribution in [-0.2, 0) is 10.0 Å². The van der Waals surface area contributed by atoms with Crippen molar-refractivity contribution >= 4 is 27.3 Å². The van der Waals surface area contributed by atoms with Gasteiger partial charge in [-0.3, -0.25) is 9.10 Å². The summed E-state index contributed by atoms with van der Waals surface area (Å²) in [6.45, 7) is 0. The minimum atomic E-state index is -3.78. The number of methoxy groups -OCH3 is 1. The quantitative estimate of drug-likeness (QED) is 0.664. The minimum Gasteiger partial charge on any atom is -0.497 e. The third-order valence-corrected chi connectivity index (χ3v) is 6.13. The number of ether oxygens (including phenoxy) is 1. The summed E-state index contributed by atoms with van der Waals surface area (Å²) in [5, 5.41) is 2.48. The normalized spacial score (nSPS) is 11.0. The van der Waals surface area contributed by atoms with E-state index in [1.54, 1.807) is 18.2 Å². The molecule has 29 heavy (non-hydrogen) atoms. The number of anilines is 2. The van der Waals surface area contributed by atoms with Crippen LogP contribution >= 0.6 is 0 Å². The van der Waals surface area contributed by atoms with Crippen molar-refractivity contribution in [1.29, 1.82) is 0 Å². The van der Waals surface area contributed by atoms with Gasteiger partial charge in [0.2, 0.25) is 0 Å². The topological polar surface area (TPSA) is 75.7 Å². The molecule has 0 aliphatic rings. The molecule has 1 N–H and O–H groups in total. The molecule has 3 aromatic rings. The smallest absolute Gasteiger partial charge is 0.264 e. The summed E-state index contributed by atoms with van der Waals surface area (Å²) < 4.78 is 45.4. The highest BCUT2D eigenvalue weighted by Gasteiger charge is 2.21. The van der Waals surface area contributed by atoms with Crippen LogP contribution in [0, 0.1) is 5.82 Å². The first-order valence-corrected chi connectivity index (χ1v) is 10.1. The number of rotatable bonds is 6. The number of nitrogens with one attached hydrogen (secondary N) is 1. The zero-order valence-electron chi connectivity index (χ0n) is 15.8. The van der Waals surface area contributed by atoms with Crippen molar-refractivity contribution in [3.05, 3.63) is 84.2 Å². The summed E-state index contributed by atoms with van der Waals surface area (Å²) in [7, 11) is -0.853. The van der Waals surface area contributed by atoms with Gasteiger partial charge in [-0.2, -0.15) is 0 Å². The predicted octanol–water partition coefficient (Wildman–Crippen LogP) is 3.91. The Hall–Kier alpha value is -3.39.